The standard InChI is InChI=1S/C17H17N5O4/c23-7-12-11(24)6-13(26-12)22-9-20-14-15(18-8-19-16(14)22)21-17(25)10-4-2-1-3-5-10/h1-5,8-9,11-13,23-24H,6-7H2,(H,18,19,21,25)/t11?,12-,13-/m1/s1. The van der Waals surface area contributed by atoms with Gasteiger partial charge in [0.05, 0.1) is 19.0 Å². The first-order valence-corrected chi connectivity index (χ1v) is 8.15. The molecule has 1 saturated heterocycles. The van der Waals surface area contributed by atoms with Crippen molar-refractivity contribution in [3.05, 3.63) is 48.5 Å². The van der Waals surface area contributed by atoms with Gasteiger partial charge in [0.15, 0.2) is 17.0 Å². The maximum atomic E-state index is 12.4. The van der Waals surface area contributed by atoms with Crippen LogP contribution in [0, 0.1) is 0 Å². The summed E-state index contributed by atoms with van der Waals surface area (Å²) in [6.07, 6.45) is 1.26. The van der Waals surface area contributed by atoms with Crippen LogP contribution in [0.5, 0.6) is 0 Å². The zero-order valence-electron chi connectivity index (χ0n) is 13.7. The minimum absolute atomic E-state index is 0.266. The van der Waals surface area contributed by atoms with Gasteiger partial charge in [-0.2, -0.15) is 0 Å². The molecule has 9 nitrogen and oxygen atoms in total. The number of imidazole rings is 1. The molecule has 134 valence electrons. The van der Waals surface area contributed by atoms with Crippen molar-refractivity contribution in [1.82, 2.24) is 19.5 Å². The fourth-order valence-electron chi connectivity index (χ4n) is 2.97. The number of hydrogen-bond donors (Lipinski definition) is 3. The Balaban J connectivity index is 1.63. The molecule has 3 aromatic rings. The van der Waals surface area contributed by atoms with Crippen molar-refractivity contribution in [2.24, 2.45) is 0 Å². The van der Waals surface area contributed by atoms with E-state index >= 15 is 0 Å². The van der Waals surface area contributed by atoms with Crippen molar-refractivity contribution in [2.75, 3.05) is 11.9 Å². The van der Waals surface area contributed by atoms with Gasteiger partial charge in [0.2, 0.25) is 0 Å². The zero-order chi connectivity index (χ0) is 18.1. The molecule has 1 unspecified atom stereocenters. The van der Waals surface area contributed by atoms with E-state index in [1.165, 1.54) is 12.7 Å². The number of anilines is 1. The van der Waals surface area contributed by atoms with E-state index in [9.17, 15) is 15.0 Å². The lowest BCUT2D eigenvalue weighted by atomic mass is 10.2. The minimum atomic E-state index is -0.762. The molecule has 1 fully saturated rings. The van der Waals surface area contributed by atoms with Gasteiger partial charge in [0, 0.05) is 12.0 Å². The van der Waals surface area contributed by atoms with Crippen molar-refractivity contribution >= 4 is 22.9 Å². The minimum Gasteiger partial charge on any atom is -0.394 e. The Kier molecular flexibility index (Phi) is 4.33. The van der Waals surface area contributed by atoms with Gasteiger partial charge in [-0.3, -0.25) is 9.36 Å². The van der Waals surface area contributed by atoms with Crippen LogP contribution in [-0.2, 0) is 4.74 Å². The SMILES string of the molecule is O=C(Nc1ncnc2c1ncn2[C@H]1CC(O)[C@@H](CO)O1)c1ccccc1. The Morgan fingerprint density at radius 1 is 1.27 bits per heavy atom. The van der Waals surface area contributed by atoms with Crippen molar-refractivity contribution in [2.45, 2.75) is 24.9 Å². The number of aromatic nitrogens is 4. The quantitative estimate of drug-likeness (QED) is 0.630. The highest BCUT2D eigenvalue weighted by atomic mass is 16.5. The Morgan fingerprint density at radius 2 is 2.08 bits per heavy atom. The molecule has 4 rings (SSSR count). The second-order valence-electron chi connectivity index (χ2n) is 5.98. The third-order valence-electron chi connectivity index (χ3n) is 4.32. The topological polar surface area (TPSA) is 122 Å². The van der Waals surface area contributed by atoms with Crippen LogP contribution >= 0.6 is 0 Å². The molecule has 0 bridgehead atoms. The van der Waals surface area contributed by atoms with Crippen molar-refractivity contribution in [3.8, 4) is 0 Å². The van der Waals surface area contributed by atoms with E-state index in [4.69, 9.17) is 4.74 Å². The summed E-state index contributed by atoms with van der Waals surface area (Å²) in [6.45, 7) is -0.266. The highest BCUT2D eigenvalue weighted by molar-refractivity contribution is 6.06. The Morgan fingerprint density at radius 3 is 2.81 bits per heavy atom. The first kappa shape index (κ1) is 16.6. The number of rotatable bonds is 4. The fraction of sp³-hybridized carbons (Fsp3) is 0.294. The second-order valence-corrected chi connectivity index (χ2v) is 5.98. The third kappa shape index (κ3) is 2.92. The van der Waals surface area contributed by atoms with Gasteiger partial charge < -0.3 is 20.3 Å². The maximum Gasteiger partial charge on any atom is 0.256 e. The molecule has 3 heterocycles. The number of amides is 1. The van der Waals surface area contributed by atoms with Gasteiger partial charge in [-0.05, 0) is 12.1 Å². The molecule has 0 radical (unpaired) electrons. The summed E-state index contributed by atoms with van der Waals surface area (Å²) in [5.74, 6) is -0.00658. The lowest BCUT2D eigenvalue weighted by Crippen LogP contribution is -2.24. The molecular formula is C17H17N5O4. The number of nitrogens with one attached hydrogen (secondary N) is 1. The number of benzene rings is 1. The normalized spacial score (nSPS) is 22.6. The van der Waals surface area contributed by atoms with Crippen LogP contribution in [0.25, 0.3) is 11.2 Å². The smallest absolute Gasteiger partial charge is 0.256 e. The van der Waals surface area contributed by atoms with Gasteiger partial charge in [0.1, 0.15) is 18.7 Å². The number of nitrogens with zero attached hydrogens (tertiary/aromatic N) is 4. The van der Waals surface area contributed by atoms with Crippen LogP contribution in [0.15, 0.2) is 43.0 Å². The first-order valence-electron chi connectivity index (χ1n) is 8.15. The van der Waals surface area contributed by atoms with Crippen molar-refractivity contribution < 1.29 is 19.7 Å². The Hall–Kier alpha value is -2.88. The summed E-state index contributed by atoms with van der Waals surface area (Å²) >= 11 is 0. The molecular weight excluding hydrogens is 338 g/mol. The molecule has 26 heavy (non-hydrogen) atoms. The van der Waals surface area contributed by atoms with Crippen LogP contribution in [0.2, 0.25) is 0 Å². The average molecular weight is 355 g/mol. The van der Waals surface area contributed by atoms with E-state index in [0.717, 1.165) is 0 Å². The molecule has 1 amide bonds. The average Bonchev–Trinajstić information content (AvgIpc) is 3.26. The maximum absolute atomic E-state index is 12.4. The number of carbonyl (C=O) groups is 1. The molecule has 1 aromatic carbocycles. The molecule has 1 aliphatic heterocycles. The van der Waals surface area contributed by atoms with E-state index in [1.807, 2.05) is 6.07 Å². The van der Waals surface area contributed by atoms with Gasteiger partial charge in [-0.15, -0.1) is 0 Å². The molecule has 1 aliphatic rings. The number of fused-ring (bicyclic) bond motifs is 1. The van der Waals surface area contributed by atoms with Crippen LogP contribution in [-0.4, -0.2) is 54.5 Å². The number of hydrogen-bond acceptors (Lipinski definition) is 7. The molecule has 3 atom stereocenters. The summed E-state index contributed by atoms with van der Waals surface area (Å²) in [7, 11) is 0. The first-order chi connectivity index (χ1) is 12.7. The van der Waals surface area contributed by atoms with Crippen molar-refractivity contribution in [1.29, 1.82) is 0 Å². The zero-order valence-corrected chi connectivity index (χ0v) is 13.7. The van der Waals surface area contributed by atoms with Crippen LogP contribution < -0.4 is 5.32 Å². The number of carbonyl (C=O) groups excluding carboxylic acids is 1. The largest absolute Gasteiger partial charge is 0.394 e. The molecule has 0 spiro atoms. The number of aliphatic hydroxyl groups is 2. The van der Waals surface area contributed by atoms with E-state index in [-0.39, 0.29) is 12.5 Å². The fourth-order valence-corrected chi connectivity index (χ4v) is 2.97. The Labute approximate surface area is 148 Å². The second kappa shape index (κ2) is 6.79. The molecule has 0 saturated carbocycles. The molecule has 0 aliphatic carbocycles. The molecule has 9 heteroatoms. The van der Waals surface area contributed by atoms with Gasteiger partial charge in [-0.1, -0.05) is 18.2 Å². The number of aliphatic hydroxyl groups excluding tert-OH is 2. The van der Waals surface area contributed by atoms with Crippen molar-refractivity contribution in [3.63, 3.8) is 0 Å². The predicted molar refractivity (Wildman–Crippen MR) is 91.3 cm³/mol. The molecule has 3 N–H and O–H groups in total. The molecule has 2 aromatic heterocycles. The van der Waals surface area contributed by atoms with E-state index < -0.39 is 18.4 Å². The Bertz CT molecular complexity index is 929. The van der Waals surface area contributed by atoms with Crippen LogP contribution in [0.4, 0.5) is 5.82 Å². The summed E-state index contributed by atoms with van der Waals surface area (Å²) in [6, 6.07) is 8.79. The lowest BCUT2D eigenvalue weighted by molar-refractivity contribution is -0.0432. The monoisotopic (exact) mass is 355 g/mol. The highest BCUT2D eigenvalue weighted by Gasteiger charge is 2.35. The van der Waals surface area contributed by atoms with E-state index in [2.05, 4.69) is 20.3 Å². The van der Waals surface area contributed by atoms with Crippen LogP contribution in [0.3, 0.4) is 0 Å². The summed E-state index contributed by atoms with van der Waals surface area (Å²) in [4.78, 5) is 25.0. The van der Waals surface area contributed by atoms with E-state index in [0.29, 0.717) is 29.0 Å². The third-order valence-corrected chi connectivity index (χ3v) is 4.32. The summed E-state index contributed by atoms with van der Waals surface area (Å²) in [5.41, 5.74) is 1.40. The highest BCUT2D eigenvalue weighted by Crippen LogP contribution is 2.31. The van der Waals surface area contributed by atoms with Gasteiger partial charge >= 0.3 is 0 Å². The summed E-state index contributed by atoms with van der Waals surface area (Å²) in [5, 5.41) is 21.9. The predicted octanol–water partition coefficient (Wildman–Crippen LogP) is 0.719. The van der Waals surface area contributed by atoms with Gasteiger partial charge in [-0.25, -0.2) is 15.0 Å². The summed E-state index contributed by atoms with van der Waals surface area (Å²) < 4.78 is 7.30. The number of ether oxygens (including phenoxy) is 1. The van der Waals surface area contributed by atoms with E-state index in [1.54, 1.807) is 28.8 Å². The van der Waals surface area contributed by atoms with Crippen LogP contribution in [0.1, 0.15) is 23.0 Å². The van der Waals surface area contributed by atoms with Gasteiger partial charge in [0.25, 0.3) is 5.91 Å². The lowest BCUT2D eigenvalue weighted by Gasteiger charge is -2.13.